The molecule has 1 aromatic carbocycles. The number of rotatable bonds is 3. The molecule has 0 spiro atoms. The summed E-state index contributed by atoms with van der Waals surface area (Å²) in [6.07, 6.45) is -1.05. The molecule has 5 atom stereocenters. The molecular weight excluding hydrogens is 272 g/mol. The van der Waals surface area contributed by atoms with E-state index in [1.165, 1.54) is 0 Å². The van der Waals surface area contributed by atoms with E-state index in [-0.39, 0.29) is 23.8 Å². The normalized spacial score (nSPS) is 39.8. The Morgan fingerprint density at radius 2 is 2.14 bits per heavy atom. The average Bonchev–Trinajstić information content (AvgIpc) is 3.04. The fourth-order valence-corrected chi connectivity index (χ4v) is 3.97. The molecule has 2 saturated heterocycles. The fraction of sp³-hybridized carbons (Fsp3) is 0.500. The van der Waals surface area contributed by atoms with E-state index in [2.05, 4.69) is 0 Å². The van der Waals surface area contributed by atoms with Crippen LogP contribution in [0.25, 0.3) is 0 Å². The van der Waals surface area contributed by atoms with Crippen molar-refractivity contribution in [1.29, 1.82) is 0 Å². The largest absolute Gasteiger partial charge is 0.466 e. The summed E-state index contributed by atoms with van der Waals surface area (Å²) in [5, 5.41) is 0. The average molecular weight is 288 g/mol. The standard InChI is InChI=1S/C16H16O5/c1-2-19-14(18)12-11-10-8-20-15(21-10)13(17)16(11,12)9-6-4-3-5-7-9/h3-7,10-12,15H,2,8H2,1H3/t10-,11+,12-,15-,16+/m1/s1. The zero-order chi connectivity index (χ0) is 14.6. The first kappa shape index (κ1) is 13.0. The quantitative estimate of drug-likeness (QED) is 0.778. The highest BCUT2D eigenvalue weighted by molar-refractivity contribution is 6.04. The van der Waals surface area contributed by atoms with Crippen molar-refractivity contribution in [2.75, 3.05) is 13.2 Å². The van der Waals surface area contributed by atoms with Crippen molar-refractivity contribution in [2.24, 2.45) is 11.8 Å². The lowest BCUT2D eigenvalue weighted by atomic mass is 9.85. The summed E-state index contributed by atoms with van der Waals surface area (Å²) in [4.78, 5) is 25.1. The summed E-state index contributed by atoms with van der Waals surface area (Å²) >= 11 is 0. The number of carbonyl (C=O) groups is 2. The lowest BCUT2D eigenvalue weighted by Crippen LogP contribution is -2.41. The first-order valence-corrected chi connectivity index (χ1v) is 7.24. The van der Waals surface area contributed by atoms with Crippen molar-refractivity contribution in [1.82, 2.24) is 0 Å². The van der Waals surface area contributed by atoms with Crippen LogP contribution in [0.4, 0.5) is 0 Å². The Bertz CT molecular complexity index is 598. The van der Waals surface area contributed by atoms with Gasteiger partial charge in [0, 0.05) is 5.92 Å². The molecule has 21 heavy (non-hydrogen) atoms. The second kappa shape index (κ2) is 4.39. The van der Waals surface area contributed by atoms with E-state index >= 15 is 0 Å². The minimum Gasteiger partial charge on any atom is -0.466 e. The van der Waals surface area contributed by atoms with E-state index in [1.807, 2.05) is 30.3 Å². The number of hydrogen-bond acceptors (Lipinski definition) is 5. The Labute approximate surface area is 122 Å². The van der Waals surface area contributed by atoms with Gasteiger partial charge in [-0.05, 0) is 12.5 Å². The van der Waals surface area contributed by atoms with Gasteiger partial charge in [0.15, 0.2) is 5.78 Å². The van der Waals surface area contributed by atoms with Gasteiger partial charge in [-0.3, -0.25) is 9.59 Å². The molecule has 0 radical (unpaired) electrons. The molecule has 3 aliphatic rings. The van der Waals surface area contributed by atoms with Gasteiger partial charge in [0.05, 0.1) is 30.7 Å². The molecule has 0 amide bonds. The van der Waals surface area contributed by atoms with Crippen molar-refractivity contribution >= 4 is 11.8 Å². The SMILES string of the molecule is CCOC(=O)[C@H]1[C@@H]2[C@H]3CO[C@H](O3)C(=O)[C@@]21c1ccccc1. The maximum absolute atomic E-state index is 12.8. The molecule has 110 valence electrons. The predicted molar refractivity (Wildman–Crippen MR) is 71.4 cm³/mol. The van der Waals surface area contributed by atoms with Gasteiger partial charge in [0.2, 0.25) is 6.29 Å². The number of benzene rings is 1. The minimum atomic E-state index is -0.842. The second-order valence-electron chi connectivity index (χ2n) is 5.69. The first-order chi connectivity index (χ1) is 10.2. The molecule has 2 aliphatic heterocycles. The number of Topliss-reactive ketones (excluding diaryl/α,β-unsaturated/α-hetero) is 1. The maximum Gasteiger partial charge on any atom is 0.310 e. The van der Waals surface area contributed by atoms with Gasteiger partial charge in [0.25, 0.3) is 0 Å². The minimum absolute atomic E-state index is 0.148. The molecule has 0 N–H and O–H groups in total. The van der Waals surface area contributed by atoms with E-state index in [1.54, 1.807) is 6.92 Å². The Hall–Kier alpha value is -1.72. The van der Waals surface area contributed by atoms with Crippen molar-refractivity contribution in [2.45, 2.75) is 24.7 Å². The molecule has 3 fully saturated rings. The van der Waals surface area contributed by atoms with Crippen LogP contribution in [0.2, 0.25) is 0 Å². The van der Waals surface area contributed by atoms with Crippen LogP contribution >= 0.6 is 0 Å². The molecule has 4 rings (SSSR count). The summed E-state index contributed by atoms with van der Waals surface area (Å²) < 4.78 is 16.2. The third-order valence-corrected chi connectivity index (χ3v) is 4.79. The Kier molecular flexibility index (Phi) is 2.71. The van der Waals surface area contributed by atoms with Crippen molar-refractivity contribution in [3.63, 3.8) is 0 Å². The van der Waals surface area contributed by atoms with Crippen LogP contribution in [0.1, 0.15) is 12.5 Å². The number of carbonyl (C=O) groups excluding carboxylic acids is 2. The van der Waals surface area contributed by atoms with E-state index in [9.17, 15) is 9.59 Å². The number of hydrogen-bond donors (Lipinski definition) is 0. The van der Waals surface area contributed by atoms with Crippen molar-refractivity contribution in [3.05, 3.63) is 35.9 Å². The summed E-state index contributed by atoms with van der Waals surface area (Å²) in [7, 11) is 0. The van der Waals surface area contributed by atoms with E-state index in [0.29, 0.717) is 13.2 Å². The molecule has 1 aromatic rings. The first-order valence-electron chi connectivity index (χ1n) is 7.24. The van der Waals surface area contributed by atoms with Gasteiger partial charge < -0.3 is 14.2 Å². The smallest absolute Gasteiger partial charge is 0.310 e. The van der Waals surface area contributed by atoms with Crippen LogP contribution in [0.3, 0.4) is 0 Å². The van der Waals surface area contributed by atoms with Crippen LogP contribution in [0.15, 0.2) is 30.3 Å². The third-order valence-electron chi connectivity index (χ3n) is 4.79. The Morgan fingerprint density at radius 1 is 1.38 bits per heavy atom. The molecule has 1 aliphatic carbocycles. The predicted octanol–water partition coefficient (Wildman–Crippen LogP) is 1.06. The van der Waals surface area contributed by atoms with Crippen LogP contribution < -0.4 is 0 Å². The zero-order valence-electron chi connectivity index (χ0n) is 11.7. The highest BCUT2D eigenvalue weighted by atomic mass is 16.7. The van der Waals surface area contributed by atoms with Gasteiger partial charge in [-0.2, -0.15) is 0 Å². The van der Waals surface area contributed by atoms with Gasteiger partial charge in [0.1, 0.15) is 0 Å². The van der Waals surface area contributed by atoms with Crippen molar-refractivity contribution < 1.29 is 23.8 Å². The second-order valence-corrected chi connectivity index (χ2v) is 5.69. The molecule has 1 saturated carbocycles. The lowest BCUT2D eigenvalue weighted by molar-refractivity contribution is -0.156. The topological polar surface area (TPSA) is 61.8 Å². The van der Waals surface area contributed by atoms with Crippen LogP contribution in [-0.4, -0.2) is 37.4 Å². The maximum atomic E-state index is 12.8. The molecule has 2 bridgehead atoms. The monoisotopic (exact) mass is 288 g/mol. The number of fused-ring (bicyclic) bond motifs is 4. The van der Waals surface area contributed by atoms with Gasteiger partial charge in [-0.1, -0.05) is 30.3 Å². The molecule has 0 aromatic heterocycles. The number of ether oxygens (including phenoxy) is 3. The fourth-order valence-electron chi connectivity index (χ4n) is 3.97. The highest BCUT2D eigenvalue weighted by Gasteiger charge is 2.80. The van der Waals surface area contributed by atoms with E-state index in [4.69, 9.17) is 14.2 Å². The molecule has 0 unspecified atom stereocenters. The molecule has 5 nitrogen and oxygen atoms in total. The van der Waals surface area contributed by atoms with E-state index < -0.39 is 17.6 Å². The van der Waals surface area contributed by atoms with E-state index in [0.717, 1.165) is 5.56 Å². The third kappa shape index (κ3) is 1.53. The molecule has 5 heteroatoms. The number of ketones is 1. The van der Waals surface area contributed by atoms with Crippen molar-refractivity contribution in [3.8, 4) is 0 Å². The highest BCUT2D eigenvalue weighted by Crippen LogP contribution is 2.67. The van der Waals surface area contributed by atoms with Gasteiger partial charge >= 0.3 is 5.97 Å². The van der Waals surface area contributed by atoms with Gasteiger partial charge in [-0.15, -0.1) is 0 Å². The molecule has 2 heterocycles. The van der Waals surface area contributed by atoms with Crippen LogP contribution in [0.5, 0.6) is 0 Å². The summed E-state index contributed by atoms with van der Waals surface area (Å²) in [6.45, 7) is 2.45. The summed E-state index contributed by atoms with van der Waals surface area (Å²) in [5.41, 5.74) is 0.0410. The van der Waals surface area contributed by atoms with Crippen LogP contribution in [-0.2, 0) is 29.2 Å². The van der Waals surface area contributed by atoms with Crippen LogP contribution in [0, 0.1) is 11.8 Å². The lowest BCUT2D eigenvalue weighted by Gasteiger charge is -2.25. The summed E-state index contributed by atoms with van der Waals surface area (Å²) in [6, 6.07) is 9.45. The molecular formula is C16H16O5. The Morgan fingerprint density at radius 3 is 2.86 bits per heavy atom. The Balaban J connectivity index is 1.80. The summed E-state index contributed by atoms with van der Waals surface area (Å²) in [5.74, 6) is -1.09. The van der Waals surface area contributed by atoms with Gasteiger partial charge in [-0.25, -0.2) is 0 Å². The number of esters is 1. The zero-order valence-corrected chi connectivity index (χ0v) is 11.7.